The number of esters is 1. The number of carbonyl (C=O) groups is 2. The summed E-state index contributed by atoms with van der Waals surface area (Å²) in [6, 6.07) is 11.7. The molecule has 2 aliphatic heterocycles. The molecule has 2 aliphatic carbocycles. The minimum Gasteiger partial charge on any atom is -0.490 e. The van der Waals surface area contributed by atoms with Gasteiger partial charge < -0.3 is 19.1 Å². The predicted octanol–water partition coefficient (Wildman–Crippen LogP) is 6.13. The summed E-state index contributed by atoms with van der Waals surface area (Å²) < 4.78 is 34.6. The number of carbonyl (C=O) groups excluding carboxylic acids is 2. The van der Waals surface area contributed by atoms with E-state index in [2.05, 4.69) is 39.8 Å². The number of hydrogen-bond donors (Lipinski definition) is 1. The zero-order valence-electron chi connectivity index (χ0n) is 27.7. The van der Waals surface area contributed by atoms with Crippen LogP contribution in [0.3, 0.4) is 0 Å². The SMILES string of the molecule is C=S1(=O)NC(=O)c2ccc3c(c2)N(C[C@@H]2CC[C@H]2[C@@H](OCC(=O)OCC)/C=C/C[C@H](C)[C@@H]1C)C[C@@]1(CCCc2cc(Cl)ccc21)CO3. The molecule has 2 bridgehead atoms. The van der Waals surface area contributed by atoms with Gasteiger partial charge in [0.1, 0.15) is 12.4 Å². The van der Waals surface area contributed by atoms with Crippen molar-refractivity contribution in [3.8, 4) is 5.75 Å². The Hall–Kier alpha value is -3.01. The van der Waals surface area contributed by atoms with Gasteiger partial charge in [0.15, 0.2) is 0 Å². The van der Waals surface area contributed by atoms with Crippen molar-refractivity contribution in [1.29, 1.82) is 0 Å². The monoisotopic (exact) mass is 682 g/mol. The van der Waals surface area contributed by atoms with Gasteiger partial charge in [-0.3, -0.25) is 9.52 Å². The summed E-state index contributed by atoms with van der Waals surface area (Å²) in [5.74, 6) is 4.40. The van der Waals surface area contributed by atoms with Gasteiger partial charge in [-0.25, -0.2) is 9.00 Å². The van der Waals surface area contributed by atoms with E-state index in [-0.39, 0.29) is 41.2 Å². The first-order valence-electron chi connectivity index (χ1n) is 16.9. The van der Waals surface area contributed by atoms with Gasteiger partial charge in [0.05, 0.1) is 34.7 Å². The van der Waals surface area contributed by atoms with Gasteiger partial charge in [0.2, 0.25) is 0 Å². The number of halogens is 1. The van der Waals surface area contributed by atoms with Gasteiger partial charge in [-0.1, -0.05) is 36.7 Å². The second-order valence-electron chi connectivity index (χ2n) is 13.9. The lowest BCUT2D eigenvalue weighted by atomic mass is 9.68. The first-order chi connectivity index (χ1) is 22.5. The molecule has 2 heterocycles. The quantitative estimate of drug-likeness (QED) is 0.236. The van der Waals surface area contributed by atoms with Crippen molar-refractivity contribution >= 4 is 44.7 Å². The number of nitrogens with zero attached hydrogens (tertiary/aromatic N) is 1. The van der Waals surface area contributed by atoms with Gasteiger partial charge in [-0.2, -0.15) is 0 Å². The molecule has 6 rings (SSSR count). The van der Waals surface area contributed by atoms with Crippen molar-refractivity contribution in [1.82, 2.24) is 4.72 Å². The molecule has 1 fully saturated rings. The minimum absolute atomic E-state index is 0.0206. The standard InChI is InChI=1S/C37H47ClN2O6S/c1-5-44-35(41)21-45-33-10-6-8-24(2)25(3)47(4,43)39-36(42)27-12-16-34-32(19-27)40(20-28-11-14-30(28)33)22-37(23-46-34)17-7-9-26-18-29(38)13-15-31(26)37/h6,10,12-13,15-16,18-19,24-25,28,30,33H,4-5,7-9,11,14,17,20-23H2,1-3H3,(H,39,42,43)/b10-6+/t24-,25-,28-,30+,33-,37-,47?/m0/s1. The van der Waals surface area contributed by atoms with Crippen molar-refractivity contribution in [2.45, 2.75) is 76.1 Å². The number of nitrogens with one attached hydrogen (secondary N) is 1. The zero-order valence-corrected chi connectivity index (χ0v) is 29.2. The second-order valence-corrected chi connectivity index (χ2v) is 16.7. The summed E-state index contributed by atoms with van der Waals surface area (Å²) in [4.78, 5) is 28.3. The van der Waals surface area contributed by atoms with Crippen molar-refractivity contribution in [3.63, 3.8) is 0 Å². The molecule has 7 atom stereocenters. The number of rotatable bonds is 4. The normalized spacial score (nSPS) is 32.9. The molecule has 4 aliphatic rings. The Morgan fingerprint density at radius 3 is 2.81 bits per heavy atom. The van der Waals surface area contributed by atoms with Crippen molar-refractivity contribution in [3.05, 3.63) is 70.3 Å². The molecule has 1 amide bonds. The number of anilines is 1. The third-order valence-corrected chi connectivity index (χ3v) is 13.3. The van der Waals surface area contributed by atoms with E-state index < -0.39 is 15.6 Å². The Morgan fingerprint density at radius 2 is 2.04 bits per heavy atom. The van der Waals surface area contributed by atoms with Crippen LogP contribution in [0.4, 0.5) is 5.69 Å². The highest BCUT2D eigenvalue weighted by atomic mass is 35.5. The number of aryl methyl sites for hydroxylation is 1. The molecule has 10 heteroatoms. The van der Waals surface area contributed by atoms with Crippen LogP contribution in [0.15, 0.2) is 48.6 Å². The van der Waals surface area contributed by atoms with Crippen LogP contribution in [-0.2, 0) is 35.8 Å². The first-order valence-corrected chi connectivity index (χ1v) is 19.1. The second kappa shape index (κ2) is 13.8. The average Bonchev–Trinajstić information content (AvgIpc) is 3.17. The maximum atomic E-state index is 13.8. The summed E-state index contributed by atoms with van der Waals surface area (Å²) in [6.45, 7) is 7.84. The highest BCUT2D eigenvalue weighted by Gasteiger charge is 2.44. The van der Waals surface area contributed by atoms with Crippen LogP contribution in [0, 0.1) is 17.8 Å². The number of fused-ring (bicyclic) bond motifs is 4. The molecule has 1 unspecified atom stereocenters. The van der Waals surface area contributed by atoms with Crippen molar-refractivity contribution < 1.29 is 28.0 Å². The summed E-state index contributed by atoms with van der Waals surface area (Å²) >= 11 is 6.44. The van der Waals surface area contributed by atoms with Gasteiger partial charge >= 0.3 is 5.97 Å². The highest BCUT2D eigenvalue weighted by molar-refractivity contribution is 7.99. The first kappa shape index (κ1) is 33.9. The fourth-order valence-corrected chi connectivity index (χ4v) is 9.46. The van der Waals surface area contributed by atoms with Gasteiger partial charge in [-0.05, 0) is 117 Å². The van der Waals surface area contributed by atoms with Crippen LogP contribution in [0.1, 0.15) is 74.4 Å². The molecule has 2 aromatic carbocycles. The van der Waals surface area contributed by atoms with Crippen LogP contribution in [-0.4, -0.2) is 66.2 Å². The molecule has 1 saturated carbocycles. The van der Waals surface area contributed by atoms with Gasteiger partial charge in [-0.15, -0.1) is 0 Å². The molecule has 0 radical (unpaired) electrons. The predicted molar refractivity (Wildman–Crippen MR) is 188 cm³/mol. The average molecular weight is 683 g/mol. The van der Waals surface area contributed by atoms with E-state index in [9.17, 15) is 13.8 Å². The van der Waals surface area contributed by atoms with Crippen LogP contribution in [0.5, 0.6) is 5.75 Å². The topological polar surface area (TPSA) is 94.2 Å². The van der Waals surface area contributed by atoms with E-state index in [1.807, 2.05) is 32.0 Å². The molecule has 8 nitrogen and oxygen atoms in total. The molecule has 1 spiro atoms. The van der Waals surface area contributed by atoms with E-state index >= 15 is 0 Å². The Labute approximate surface area is 284 Å². The van der Waals surface area contributed by atoms with Crippen molar-refractivity contribution in [2.24, 2.45) is 17.8 Å². The molecule has 0 aromatic heterocycles. The van der Waals surface area contributed by atoms with Gasteiger partial charge in [0, 0.05) is 34.3 Å². The summed E-state index contributed by atoms with van der Waals surface area (Å²) in [6.07, 6.45) is 9.49. The number of amides is 1. The Balaban J connectivity index is 1.40. The smallest absolute Gasteiger partial charge is 0.332 e. The van der Waals surface area contributed by atoms with E-state index in [0.29, 0.717) is 37.7 Å². The lowest BCUT2D eigenvalue weighted by molar-refractivity contribution is -0.151. The number of allylic oxidation sites excluding steroid dienone is 1. The van der Waals surface area contributed by atoms with E-state index in [0.717, 1.165) is 55.1 Å². The molecular formula is C37H47ClN2O6S. The minimum atomic E-state index is -2.97. The largest absolute Gasteiger partial charge is 0.490 e. The highest BCUT2D eigenvalue weighted by Crippen LogP contribution is 2.47. The Bertz CT molecular complexity index is 1640. The van der Waals surface area contributed by atoms with Crippen LogP contribution < -0.4 is 14.4 Å². The van der Waals surface area contributed by atoms with Crippen LogP contribution >= 0.6 is 11.6 Å². The van der Waals surface area contributed by atoms with Crippen molar-refractivity contribution in [2.75, 3.05) is 37.8 Å². The summed E-state index contributed by atoms with van der Waals surface area (Å²) in [5.41, 5.74) is 3.56. The molecule has 2 aromatic rings. The maximum Gasteiger partial charge on any atom is 0.332 e. The third-order valence-electron chi connectivity index (χ3n) is 10.9. The summed E-state index contributed by atoms with van der Waals surface area (Å²) in [5, 5.41) is 0.365. The van der Waals surface area contributed by atoms with Crippen LogP contribution in [0.2, 0.25) is 5.02 Å². The molecule has 47 heavy (non-hydrogen) atoms. The van der Waals surface area contributed by atoms with Gasteiger partial charge in [0.25, 0.3) is 5.91 Å². The zero-order chi connectivity index (χ0) is 33.3. The Morgan fingerprint density at radius 1 is 1.21 bits per heavy atom. The number of benzene rings is 2. The number of ether oxygens (including phenoxy) is 3. The van der Waals surface area contributed by atoms with E-state index in [1.165, 1.54) is 11.1 Å². The van der Waals surface area contributed by atoms with E-state index in [4.69, 9.17) is 25.8 Å². The molecule has 254 valence electrons. The summed E-state index contributed by atoms with van der Waals surface area (Å²) in [7, 11) is -2.97. The third kappa shape index (κ3) is 7.08. The maximum absolute atomic E-state index is 13.8. The van der Waals surface area contributed by atoms with Crippen LogP contribution in [0.25, 0.3) is 0 Å². The van der Waals surface area contributed by atoms with E-state index in [1.54, 1.807) is 13.0 Å². The number of hydrogen-bond acceptors (Lipinski definition) is 7. The lowest BCUT2D eigenvalue weighted by Crippen LogP contribution is -2.50. The Kier molecular flexibility index (Phi) is 9.98. The fraction of sp³-hybridized carbons (Fsp3) is 0.541. The lowest BCUT2D eigenvalue weighted by Gasteiger charge is -2.46. The molecule has 0 saturated heterocycles. The molecule has 1 N–H and O–H groups in total. The molecular weight excluding hydrogens is 636 g/mol. The fourth-order valence-electron chi connectivity index (χ4n) is 7.78.